The third-order valence-electron chi connectivity index (χ3n) is 9.24. The summed E-state index contributed by atoms with van der Waals surface area (Å²) in [6.07, 6.45) is 6.29. The molecule has 0 unspecified atom stereocenters. The number of hydrogen-bond acceptors (Lipinski definition) is 9. The van der Waals surface area contributed by atoms with Crippen molar-refractivity contribution in [2.75, 3.05) is 0 Å². The van der Waals surface area contributed by atoms with E-state index in [9.17, 15) is 4.39 Å². The molecule has 0 bridgehead atoms. The summed E-state index contributed by atoms with van der Waals surface area (Å²) < 4.78 is 21.7. The Morgan fingerprint density at radius 1 is 0.474 bits per heavy atom. The van der Waals surface area contributed by atoms with Gasteiger partial charge in [-0.3, -0.25) is 23.4 Å². The highest BCUT2D eigenvalue weighted by Gasteiger charge is 2.07. The van der Waals surface area contributed by atoms with E-state index >= 15 is 0 Å². The van der Waals surface area contributed by atoms with Crippen molar-refractivity contribution < 1.29 is 4.39 Å². The minimum atomic E-state index is -0.321. The van der Waals surface area contributed by atoms with Gasteiger partial charge in [0.05, 0.1) is 51.1 Å². The quantitative estimate of drug-likeness (QED) is 0.151. The number of nitrogens with zero attached hydrogens (tertiary/aromatic N) is 14. The van der Waals surface area contributed by atoms with E-state index in [1.54, 1.807) is 33.5 Å². The molecule has 0 amide bonds. The van der Waals surface area contributed by atoms with E-state index < -0.39 is 0 Å². The number of halogens is 2. The van der Waals surface area contributed by atoms with Crippen LogP contribution in [0.3, 0.4) is 0 Å². The first-order valence-electron chi connectivity index (χ1n) is 18.0. The Morgan fingerprint density at radius 2 is 0.982 bits per heavy atom. The lowest BCUT2D eigenvalue weighted by Crippen LogP contribution is -1.91. The van der Waals surface area contributed by atoms with Crippen LogP contribution in [0.4, 0.5) is 4.39 Å². The minimum absolute atomic E-state index is 0.321. The van der Waals surface area contributed by atoms with Crippen LogP contribution in [0.15, 0.2) is 85.6 Å². The van der Waals surface area contributed by atoms with Crippen molar-refractivity contribution in [2.45, 2.75) is 34.6 Å². The van der Waals surface area contributed by atoms with E-state index in [-0.39, 0.29) is 5.82 Å². The van der Waals surface area contributed by atoms with Crippen LogP contribution in [-0.4, -0.2) is 68.8 Å². The number of rotatable bonds is 0. The van der Waals surface area contributed by atoms with Crippen LogP contribution >= 0.6 is 11.6 Å². The molecule has 292 valence electrons. The van der Waals surface area contributed by atoms with Crippen LogP contribution in [-0.2, 0) is 35.2 Å². The van der Waals surface area contributed by atoms with Gasteiger partial charge in [0.25, 0.3) is 0 Å². The van der Waals surface area contributed by atoms with Crippen molar-refractivity contribution in [2.24, 2.45) is 35.2 Å². The number of fused-ring (bicyclic) bond motifs is 5. The number of aromatic nitrogens is 14. The van der Waals surface area contributed by atoms with Crippen LogP contribution in [0.2, 0.25) is 5.02 Å². The molecule has 0 atom stereocenters. The van der Waals surface area contributed by atoms with Gasteiger partial charge in [-0.1, -0.05) is 29.8 Å². The zero-order chi connectivity index (χ0) is 41.0. The van der Waals surface area contributed by atoms with Gasteiger partial charge in [-0.2, -0.15) is 25.5 Å². The molecular formula is C41H44ClFN14. The lowest BCUT2D eigenvalue weighted by molar-refractivity contribution is 0.623. The first-order chi connectivity index (χ1) is 27.2. The molecule has 0 aliphatic rings. The van der Waals surface area contributed by atoms with Crippen LogP contribution in [0.25, 0.3) is 54.9 Å². The molecule has 0 spiro atoms. The van der Waals surface area contributed by atoms with E-state index in [1.807, 2.05) is 115 Å². The monoisotopic (exact) mass is 786 g/mol. The van der Waals surface area contributed by atoms with Crippen molar-refractivity contribution in [1.29, 1.82) is 0 Å². The largest absolute Gasteiger partial charge is 0.268 e. The zero-order valence-corrected chi connectivity index (χ0v) is 34.4. The van der Waals surface area contributed by atoms with Crippen LogP contribution < -0.4 is 0 Å². The van der Waals surface area contributed by atoms with Gasteiger partial charge in [-0.05, 0) is 77.1 Å². The molecule has 14 nitrogen and oxygen atoms in total. The number of hydrogen-bond donors (Lipinski definition) is 0. The van der Waals surface area contributed by atoms with Gasteiger partial charge >= 0.3 is 0 Å². The molecule has 8 heterocycles. The molecule has 10 aromatic rings. The summed E-state index contributed by atoms with van der Waals surface area (Å²) in [6.45, 7) is 9.79. The van der Waals surface area contributed by atoms with Gasteiger partial charge in [0.1, 0.15) is 12.1 Å². The minimum Gasteiger partial charge on any atom is -0.268 e. The predicted octanol–water partition coefficient (Wildman–Crippen LogP) is 7.78. The summed E-state index contributed by atoms with van der Waals surface area (Å²) in [5, 5.41) is 27.2. The normalized spacial score (nSPS) is 10.8. The second kappa shape index (κ2) is 17.0. The molecule has 0 saturated carbocycles. The van der Waals surface area contributed by atoms with Gasteiger partial charge in [0, 0.05) is 74.2 Å². The molecule has 10 rings (SSSR count). The fraction of sp³-hybridized carbons (Fsp3) is 0.244. The molecule has 0 N–H and O–H groups in total. The summed E-state index contributed by atoms with van der Waals surface area (Å²) >= 11 is 5.86. The third-order valence-corrected chi connectivity index (χ3v) is 9.47. The van der Waals surface area contributed by atoms with Gasteiger partial charge in [0.15, 0.2) is 16.9 Å². The third kappa shape index (κ3) is 8.78. The van der Waals surface area contributed by atoms with Crippen molar-refractivity contribution in [1.82, 2.24) is 68.8 Å². The Hall–Kier alpha value is -6.61. The smallest absolute Gasteiger partial charge is 0.161 e. The number of benzene rings is 2. The molecule has 0 saturated heterocycles. The van der Waals surface area contributed by atoms with E-state index in [1.165, 1.54) is 29.5 Å². The fourth-order valence-corrected chi connectivity index (χ4v) is 6.69. The first kappa shape index (κ1) is 40.1. The zero-order valence-electron chi connectivity index (χ0n) is 33.6. The molecule has 0 aliphatic carbocycles. The average molecular weight is 787 g/mol. The molecule has 0 aliphatic heterocycles. The fourth-order valence-electron chi connectivity index (χ4n) is 6.52. The summed E-state index contributed by atoms with van der Waals surface area (Å²) in [7, 11) is 9.48. The number of para-hydroxylation sites is 1. The Kier molecular flexibility index (Phi) is 12.0. The molecule has 0 radical (unpaired) electrons. The Bertz CT molecular complexity index is 2590. The van der Waals surface area contributed by atoms with Crippen molar-refractivity contribution in [3.05, 3.63) is 125 Å². The Labute approximate surface area is 333 Å². The Morgan fingerprint density at radius 3 is 1.61 bits per heavy atom. The molecule has 0 fully saturated rings. The highest BCUT2D eigenvalue weighted by molar-refractivity contribution is 6.31. The molecule has 8 aromatic heterocycles. The lowest BCUT2D eigenvalue weighted by Gasteiger charge is -1.93. The van der Waals surface area contributed by atoms with E-state index in [0.29, 0.717) is 5.65 Å². The molecular weight excluding hydrogens is 743 g/mol. The predicted molar refractivity (Wildman–Crippen MR) is 223 cm³/mol. The first-order valence-corrected chi connectivity index (χ1v) is 18.4. The molecule has 57 heavy (non-hydrogen) atoms. The molecule has 16 heteroatoms. The van der Waals surface area contributed by atoms with Crippen LogP contribution in [0.5, 0.6) is 0 Å². The standard InChI is InChI=1S/C9H9ClN2.C9H10N2.C8H8FN3.C8H9N3.C7H8N4/c1-6-8-5-7(10)3-4-9(8)12(2)11-6;1-7-8-5-3-4-6-9(8)11(2)10-7;1-5-7-3-6(9)4-10-8(7)12(2)11-5;1-6-7-4-3-5-9-8(7)11(2)10-6;1-5-6-3-8-4-9-7(6)11(2)10-5/h3-5H,1-2H3;3-6H,1-2H3;3-4H,1-2H3;3-5H,1-2H3;3-4H,1-2H3. The average Bonchev–Trinajstić information content (AvgIpc) is 3.94. The highest BCUT2D eigenvalue weighted by Crippen LogP contribution is 2.21. The van der Waals surface area contributed by atoms with E-state index in [2.05, 4.69) is 57.6 Å². The SMILES string of the molecule is Cc1nn(C)c2ccc(Cl)cc12.Cc1nn(C)c2ccccc12.Cc1nn(C)c2ncc(F)cc12.Cc1nn(C)c2ncccc12.Cc1nn(C)c2ncncc12. The van der Waals surface area contributed by atoms with Gasteiger partial charge in [-0.25, -0.2) is 24.3 Å². The topological polar surface area (TPSA) is 141 Å². The highest BCUT2D eigenvalue weighted by atomic mass is 35.5. The van der Waals surface area contributed by atoms with E-state index in [0.717, 1.165) is 71.8 Å². The molecule has 2 aromatic carbocycles. The Balaban J connectivity index is 0.000000120. The van der Waals surface area contributed by atoms with Gasteiger partial charge < -0.3 is 0 Å². The maximum atomic E-state index is 12.7. The van der Waals surface area contributed by atoms with Crippen LogP contribution in [0.1, 0.15) is 28.5 Å². The maximum absolute atomic E-state index is 12.7. The van der Waals surface area contributed by atoms with Gasteiger partial charge in [-0.15, -0.1) is 0 Å². The number of aryl methyl sites for hydroxylation is 10. The van der Waals surface area contributed by atoms with Crippen molar-refractivity contribution in [3.63, 3.8) is 0 Å². The maximum Gasteiger partial charge on any atom is 0.161 e. The number of pyridine rings is 2. The summed E-state index contributed by atoms with van der Waals surface area (Å²) in [6, 6.07) is 19.5. The summed E-state index contributed by atoms with van der Waals surface area (Å²) in [4.78, 5) is 16.1. The van der Waals surface area contributed by atoms with Gasteiger partial charge in [0.2, 0.25) is 0 Å². The van der Waals surface area contributed by atoms with Crippen LogP contribution in [0, 0.1) is 40.4 Å². The summed E-state index contributed by atoms with van der Waals surface area (Å²) in [5.74, 6) is -0.321. The second-order valence-corrected chi connectivity index (χ2v) is 13.8. The second-order valence-electron chi connectivity index (χ2n) is 13.4. The van der Waals surface area contributed by atoms with E-state index in [4.69, 9.17) is 11.6 Å². The van der Waals surface area contributed by atoms with Crippen molar-refractivity contribution in [3.8, 4) is 0 Å². The van der Waals surface area contributed by atoms with Crippen molar-refractivity contribution >= 4 is 66.5 Å². The lowest BCUT2D eigenvalue weighted by atomic mass is 10.2. The summed E-state index contributed by atoms with van der Waals surface area (Å²) in [5.41, 5.74) is 9.81.